The number of H-pyrrole nitrogens is 1. The van der Waals surface area contributed by atoms with Crippen LogP contribution in [0.25, 0.3) is 0 Å². The van der Waals surface area contributed by atoms with Gasteiger partial charge in [0.05, 0.1) is 0 Å². The van der Waals surface area contributed by atoms with Crippen LogP contribution in [0.5, 0.6) is 5.75 Å². The van der Waals surface area contributed by atoms with Gasteiger partial charge in [0, 0.05) is 11.8 Å². The summed E-state index contributed by atoms with van der Waals surface area (Å²) in [6, 6.07) is 1.25. The number of nitrogens with one attached hydrogen (secondary N) is 1. The Hall–Kier alpha value is -1.39. The lowest BCUT2D eigenvalue weighted by atomic mass is 10.3. The summed E-state index contributed by atoms with van der Waals surface area (Å²) in [5, 5.41) is 0. The molecule has 0 saturated carbocycles. The van der Waals surface area contributed by atoms with Gasteiger partial charge >= 0.3 is 6.61 Å². The number of aromatic amines is 1. The highest BCUT2D eigenvalue weighted by Gasteiger charge is 2.04. The van der Waals surface area contributed by atoms with E-state index in [1.807, 2.05) is 0 Å². The Morgan fingerprint density at radius 3 is 2.75 bits per heavy atom. The molecule has 1 rings (SSSR count). The van der Waals surface area contributed by atoms with Crippen LogP contribution in [-0.4, -0.2) is 11.6 Å². The van der Waals surface area contributed by atoms with Gasteiger partial charge in [-0.1, -0.05) is 0 Å². The van der Waals surface area contributed by atoms with Gasteiger partial charge in [0.25, 0.3) is 5.56 Å². The number of ether oxygens (including phenoxy) is 1. The Morgan fingerprint density at radius 2 is 2.25 bits per heavy atom. The molecule has 0 aliphatic heterocycles. The van der Waals surface area contributed by atoms with Crippen LogP contribution >= 0.6 is 0 Å². The maximum atomic E-state index is 11.6. The van der Waals surface area contributed by atoms with Gasteiger partial charge in [-0.3, -0.25) is 4.79 Å². The van der Waals surface area contributed by atoms with Crippen molar-refractivity contribution in [1.29, 1.82) is 0 Å². The first-order valence-corrected chi connectivity index (χ1v) is 3.24. The molecule has 1 N–H and O–H groups in total. The van der Waals surface area contributed by atoms with Gasteiger partial charge in [0.2, 0.25) is 0 Å². The quantitative estimate of drug-likeness (QED) is 0.735. The molecule has 0 unspecified atom stereocenters. The summed E-state index contributed by atoms with van der Waals surface area (Å²) in [7, 11) is 0. The van der Waals surface area contributed by atoms with E-state index in [9.17, 15) is 13.6 Å². The maximum absolute atomic E-state index is 11.6. The van der Waals surface area contributed by atoms with Crippen LogP contribution in [0.15, 0.2) is 17.1 Å². The summed E-state index contributed by atoms with van der Waals surface area (Å²) in [5.74, 6) is -0.0397. The highest BCUT2D eigenvalue weighted by molar-refractivity contribution is 5.22. The summed E-state index contributed by atoms with van der Waals surface area (Å²) < 4.78 is 27.3. The van der Waals surface area contributed by atoms with Crippen LogP contribution < -0.4 is 10.3 Å². The molecule has 1 heterocycles. The predicted molar refractivity (Wildman–Crippen MR) is 38.4 cm³/mol. The number of rotatable bonds is 2. The molecule has 66 valence electrons. The molecule has 0 atom stereocenters. The van der Waals surface area contributed by atoms with Gasteiger partial charge in [-0.15, -0.1) is 0 Å². The normalized spacial score (nSPS) is 10.3. The fourth-order valence-corrected chi connectivity index (χ4v) is 0.742. The van der Waals surface area contributed by atoms with E-state index in [-0.39, 0.29) is 11.3 Å². The highest BCUT2D eigenvalue weighted by Crippen LogP contribution is 2.10. The van der Waals surface area contributed by atoms with Gasteiger partial charge in [-0.2, -0.15) is 8.78 Å². The SMILES string of the molecule is Cc1cc(OC(F)F)c[nH]c1=O. The monoisotopic (exact) mass is 175 g/mol. The molecule has 0 aliphatic rings. The van der Waals surface area contributed by atoms with Gasteiger partial charge in [-0.05, 0) is 13.0 Å². The van der Waals surface area contributed by atoms with Crippen LogP contribution in [0.1, 0.15) is 5.56 Å². The van der Waals surface area contributed by atoms with E-state index in [4.69, 9.17) is 0 Å². The lowest BCUT2D eigenvalue weighted by molar-refractivity contribution is -0.0501. The van der Waals surface area contributed by atoms with Crippen LogP contribution in [0.2, 0.25) is 0 Å². The summed E-state index contributed by atoms with van der Waals surface area (Å²) >= 11 is 0. The lowest BCUT2D eigenvalue weighted by Crippen LogP contribution is -2.10. The maximum Gasteiger partial charge on any atom is 0.387 e. The molecule has 1 aromatic rings. The van der Waals surface area contributed by atoms with Crippen LogP contribution in [0.3, 0.4) is 0 Å². The number of hydrogen-bond donors (Lipinski definition) is 1. The van der Waals surface area contributed by atoms with Gasteiger partial charge in [0.1, 0.15) is 5.75 Å². The van der Waals surface area contributed by atoms with Crippen molar-refractivity contribution in [2.75, 3.05) is 0 Å². The van der Waals surface area contributed by atoms with Crippen LogP contribution in [0.4, 0.5) is 8.78 Å². The minimum Gasteiger partial charge on any atom is -0.433 e. The van der Waals surface area contributed by atoms with Crippen molar-refractivity contribution in [2.45, 2.75) is 13.5 Å². The molecule has 0 bridgehead atoms. The Morgan fingerprint density at radius 1 is 1.58 bits per heavy atom. The Kier molecular flexibility index (Phi) is 2.42. The molecule has 0 radical (unpaired) electrons. The van der Waals surface area contributed by atoms with E-state index in [2.05, 4.69) is 9.72 Å². The van der Waals surface area contributed by atoms with E-state index in [1.165, 1.54) is 13.0 Å². The van der Waals surface area contributed by atoms with E-state index < -0.39 is 6.61 Å². The highest BCUT2D eigenvalue weighted by atomic mass is 19.3. The van der Waals surface area contributed by atoms with Crippen molar-refractivity contribution in [1.82, 2.24) is 4.98 Å². The first-order valence-electron chi connectivity index (χ1n) is 3.24. The largest absolute Gasteiger partial charge is 0.433 e. The van der Waals surface area contributed by atoms with Crippen LogP contribution in [-0.2, 0) is 0 Å². The van der Waals surface area contributed by atoms with Gasteiger partial charge < -0.3 is 9.72 Å². The molecular weight excluding hydrogens is 168 g/mol. The minimum absolute atomic E-state index is 0.0397. The third kappa shape index (κ3) is 2.05. The van der Waals surface area contributed by atoms with Crippen molar-refractivity contribution >= 4 is 0 Å². The molecule has 0 saturated heterocycles. The molecule has 5 heteroatoms. The second-order valence-corrected chi connectivity index (χ2v) is 2.23. The first kappa shape index (κ1) is 8.70. The zero-order valence-corrected chi connectivity index (χ0v) is 6.30. The van der Waals surface area contributed by atoms with E-state index in [0.717, 1.165) is 6.20 Å². The molecule has 12 heavy (non-hydrogen) atoms. The number of pyridine rings is 1. The van der Waals surface area contributed by atoms with E-state index in [1.54, 1.807) is 0 Å². The molecule has 0 fully saturated rings. The first-order chi connectivity index (χ1) is 5.59. The average molecular weight is 175 g/mol. The van der Waals surface area contributed by atoms with Crippen LogP contribution in [0, 0.1) is 6.92 Å². The fourth-order valence-electron chi connectivity index (χ4n) is 0.742. The molecular formula is C7H7F2NO2. The number of hydrogen-bond acceptors (Lipinski definition) is 2. The second kappa shape index (κ2) is 3.34. The number of halogens is 2. The number of alkyl halides is 2. The van der Waals surface area contributed by atoms with Gasteiger partial charge in [0.15, 0.2) is 0 Å². The second-order valence-electron chi connectivity index (χ2n) is 2.23. The topological polar surface area (TPSA) is 42.1 Å². The molecule has 0 aliphatic carbocycles. The fraction of sp³-hybridized carbons (Fsp3) is 0.286. The summed E-state index contributed by atoms with van der Waals surface area (Å²) in [4.78, 5) is 13.0. The summed E-state index contributed by atoms with van der Waals surface area (Å²) in [5.41, 5.74) is 0.0322. The zero-order chi connectivity index (χ0) is 9.14. The van der Waals surface area contributed by atoms with Crippen molar-refractivity contribution < 1.29 is 13.5 Å². The third-order valence-corrected chi connectivity index (χ3v) is 1.29. The standard InChI is InChI=1S/C7H7F2NO2/c1-4-2-5(12-7(8)9)3-10-6(4)11/h2-3,7H,1H3,(H,10,11). The predicted octanol–water partition coefficient (Wildman–Crippen LogP) is 1.28. The summed E-state index contributed by atoms with van der Waals surface area (Å²) in [6.07, 6.45) is 1.10. The Balaban J connectivity index is 2.90. The van der Waals surface area contributed by atoms with Crippen molar-refractivity contribution in [2.24, 2.45) is 0 Å². The lowest BCUT2D eigenvalue weighted by Gasteiger charge is -2.03. The average Bonchev–Trinajstić information content (AvgIpc) is 1.96. The molecule has 0 aromatic carbocycles. The Bertz CT molecular complexity index is 321. The van der Waals surface area contributed by atoms with Crippen molar-refractivity contribution in [3.63, 3.8) is 0 Å². The van der Waals surface area contributed by atoms with E-state index in [0.29, 0.717) is 5.56 Å². The number of aryl methyl sites for hydroxylation is 1. The molecule has 1 aromatic heterocycles. The smallest absolute Gasteiger partial charge is 0.387 e. The van der Waals surface area contributed by atoms with Gasteiger partial charge in [-0.25, -0.2) is 0 Å². The molecule has 0 amide bonds. The van der Waals surface area contributed by atoms with E-state index >= 15 is 0 Å². The molecule has 3 nitrogen and oxygen atoms in total. The Labute approximate surface area is 67.0 Å². The summed E-state index contributed by atoms with van der Waals surface area (Å²) in [6.45, 7) is -1.35. The van der Waals surface area contributed by atoms with Crippen molar-refractivity contribution in [3.8, 4) is 5.75 Å². The number of aromatic nitrogens is 1. The third-order valence-electron chi connectivity index (χ3n) is 1.29. The minimum atomic E-state index is -2.87. The van der Waals surface area contributed by atoms with Crippen molar-refractivity contribution in [3.05, 3.63) is 28.2 Å². The molecule has 0 spiro atoms. The zero-order valence-electron chi connectivity index (χ0n) is 6.30.